The molecular formula is C14H18BrN3O2. The Bertz CT molecular complexity index is 472. The molecule has 0 spiro atoms. The fourth-order valence-electron chi connectivity index (χ4n) is 1.69. The maximum atomic E-state index is 11.6. The van der Waals surface area contributed by atoms with Crippen LogP contribution < -0.4 is 16.0 Å². The lowest BCUT2D eigenvalue weighted by Gasteiger charge is -2.07. The molecule has 1 aromatic carbocycles. The molecule has 1 saturated carbocycles. The molecule has 108 valence electrons. The highest BCUT2D eigenvalue weighted by Gasteiger charge is 2.20. The first-order chi connectivity index (χ1) is 9.63. The molecule has 1 aromatic rings. The highest BCUT2D eigenvalue weighted by Crippen LogP contribution is 2.27. The lowest BCUT2D eigenvalue weighted by Crippen LogP contribution is -2.38. The van der Waals surface area contributed by atoms with Gasteiger partial charge in [-0.25, -0.2) is 0 Å². The average Bonchev–Trinajstić information content (AvgIpc) is 3.23. The summed E-state index contributed by atoms with van der Waals surface area (Å²) in [6.07, 6.45) is 2.51. The fourth-order valence-corrected chi connectivity index (χ4v) is 1.96. The third-order valence-corrected chi connectivity index (χ3v) is 3.52. The molecule has 5 nitrogen and oxygen atoms in total. The second-order valence-electron chi connectivity index (χ2n) is 4.91. The molecule has 0 radical (unpaired) electrons. The van der Waals surface area contributed by atoms with E-state index in [1.54, 1.807) is 12.1 Å². The Morgan fingerprint density at radius 1 is 1.10 bits per heavy atom. The minimum absolute atomic E-state index is 0.0139. The molecule has 0 aromatic heterocycles. The van der Waals surface area contributed by atoms with E-state index in [4.69, 9.17) is 0 Å². The van der Waals surface area contributed by atoms with Crippen molar-refractivity contribution in [3.05, 3.63) is 28.7 Å². The summed E-state index contributed by atoms with van der Waals surface area (Å²) in [4.78, 5) is 23.1. The van der Waals surface area contributed by atoms with E-state index in [0.29, 0.717) is 5.69 Å². The van der Waals surface area contributed by atoms with E-state index in [1.807, 2.05) is 12.1 Å². The van der Waals surface area contributed by atoms with Crippen LogP contribution in [0.1, 0.15) is 12.8 Å². The van der Waals surface area contributed by atoms with Crippen LogP contribution in [0.5, 0.6) is 0 Å². The van der Waals surface area contributed by atoms with Crippen LogP contribution in [0.15, 0.2) is 28.7 Å². The smallest absolute Gasteiger partial charge is 0.243 e. The molecule has 1 aliphatic rings. The van der Waals surface area contributed by atoms with Crippen LogP contribution in [-0.4, -0.2) is 31.4 Å². The van der Waals surface area contributed by atoms with Crippen LogP contribution in [0, 0.1) is 5.92 Å². The van der Waals surface area contributed by atoms with Crippen molar-refractivity contribution in [2.75, 3.05) is 25.0 Å². The summed E-state index contributed by atoms with van der Waals surface area (Å²) in [5.41, 5.74) is 0.708. The molecule has 2 amide bonds. The van der Waals surface area contributed by atoms with Gasteiger partial charge in [0.25, 0.3) is 0 Å². The molecule has 0 bridgehead atoms. The van der Waals surface area contributed by atoms with Crippen molar-refractivity contribution in [1.29, 1.82) is 0 Å². The van der Waals surface area contributed by atoms with Crippen LogP contribution in [0.25, 0.3) is 0 Å². The van der Waals surface area contributed by atoms with Crippen molar-refractivity contribution in [3.8, 4) is 0 Å². The second-order valence-corrected chi connectivity index (χ2v) is 5.82. The lowest BCUT2D eigenvalue weighted by molar-refractivity contribution is -0.123. The number of hydrogen-bond acceptors (Lipinski definition) is 3. The second kappa shape index (κ2) is 7.40. The van der Waals surface area contributed by atoms with Gasteiger partial charge in [-0.2, -0.15) is 0 Å². The van der Waals surface area contributed by atoms with Gasteiger partial charge in [0, 0.05) is 10.2 Å². The largest absolute Gasteiger partial charge is 0.346 e. The summed E-state index contributed by atoms with van der Waals surface area (Å²) in [5, 5.41) is 8.38. The van der Waals surface area contributed by atoms with E-state index >= 15 is 0 Å². The number of rotatable bonds is 7. The van der Waals surface area contributed by atoms with Crippen LogP contribution >= 0.6 is 15.9 Å². The van der Waals surface area contributed by atoms with Crippen molar-refractivity contribution in [2.45, 2.75) is 12.8 Å². The van der Waals surface area contributed by atoms with Crippen molar-refractivity contribution in [1.82, 2.24) is 10.6 Å². The topological polar surface area (TPSA) is 70.2 Å². The van der Waals surface area contributed by atoms with Crippen LogP contribution in [0.2, 0.25) is 0 Å². The summed E-state index contributed by atoms with van der Waals surface area (Å²) in [7, 11) is 0. The molecule has 0 heterocycles. The Balaban J connectivity index is 1.61. The Morgan fingerprint density at radius 2 is 1.80 bits per heavy atom. The first kappa shape index (κ1) is 15.0. The minimum atomic E-state index is -0.233. The van der Waals surface area contributed by atoms with E-state index in [9.17, 15) is 9.59 Å². The third-order valence-electron chi connectivity index (χ3n) is 2.99. The molecule has 6 heteroatoms. The Hall–Kier alpha value is -1.40. The number of carbonyl (C=O) groups is 2. The number of amides is 2. The Labute approximate surface area is 126 Å². The quantitative estimate of drug-likeness (QED) is 0.705. The number of halogens is 1. The zero-order valence-corrected chi connectivity index (χ0v) is 12.7. The van der Waals surface area contributed by atoms with Gasteiger partial charge in [-0.05, 0) is 49.6 Å². The predicted octanol–water partition coefficient (Wildman–Crippen LogP) is 1.50. The summed E-state index contributed by atoms with van der Waals surface area (Å²) in [6.45, 7) is 1.14. The number of nitrogens with one attached hydrogen (secondary N) is 3. The van der Waals surface area contributed by atoms with Crippen molar-refractivity contribution in [3.63, 3.8) is 0 Å². The number of hydrogen-bond donors (Lipinski definition) is 3. The highest BCUT2D eigenvalue weighted by atomic mass is 79.9. The monoisotopic (exact) mass is 339 g/mol. The zero-order chi connectivity index (χ0) is 14.4. The fraction of sp³-hybridized carbons (Fsp3) is 0.429. The molecule has 3 N–H and O–H groups in total. The maximum Gasteiger partial charge on any atom is 0.243 e. The molecule has 0 atom stereocenters. The maximum absolute atomic E-state index is 11.6. The highest BCUT2D eigenvalue weighted by molar-refractivity contribution is 9.10. The van der Waals surface area contributed by atoms with Gasteiger partial charge < -0.3 is 16.0 Å². The van der Waals surface area contributed by atoms with Gasteiger partial charge in [-0.15, -0.1) is 0 Å². The summed E-state index contributed by atoms with van der Waals surface area (Å²) < 4.78 is 0.950. The van der Waals surface area contributed by atoms with Crippen molar-refractivity contribution >= 4 is 33.4 Å². The van der Waals surface area contributed by atoms with E-state index in [0.717, 1.165) is 16.9 Å². The van der Waals surface area contributed by atoms with Gasteiger partial charge in [0.1, 0.15) is 0 Å². The molecule has 0 saturated heterocycles. The van der Waals surface area contributed by atoms with Gasteiger partial charge in [-0.3, -0.25) is 9.59 Å². The summed E-state index contributed by atoms with van der Waals surface area (Å²) >= 11 is 3.32. The van der Waals surface area contributed by atoms with Gasteiger partial charge in [0.2, 0.25) is 11.8 Å². The van der Waals surface area contributed by atoms with Gasteiger partial charge in [-0.1, -0.05) is 15.9 Å². The minimum Gasteiger partial charge on any atom is -0.346 e. The van der Waals surface area contributed by atoms with E-state index < -0.39 is 0 Å². The van der Waals surface area contributed by atoms with Crippen molar-refractivity contribution < 1.29 is 9.59 Å². The molecule has 0 unspecified atom stereocenters. The van der Waals surface area contributed by atoms with E-state index in [2.05, 4.69) is 31.9 Å². The number of anilines is 1. The van der Waals surface area contributed by atoms with E-state index in [-0.39, 0.29) is 24.9 Å². The Kier molecular flexibility index (Phi) is 5.55. The number of carbonyl (C=O) groups excluding carboxylic acids is 2. The SMILES string of the molecule is O=C(CNCC1CC1)NCC(=O)Nc1ccc(Br)cc1. The zero-order valence-electron chi connectivity index (χ0n) is 11.1. The van der Waals surface area contributed by atoms with Crippen LogP contribution in [0.3, 0.4) is 0 Å². The summed E-state index contributed by atoms with van der Waals surface area (Å²) in [5.74, 6) is 0.350. The predicted molar refractivity (Wildman–Crippen MR) is 81.4 cm³/mol. The van der Waals surface area contributed by atoms with Crippen molar-refractivity contribution in [2.24, 2.45) is 5.92 Å². The lowest BCUT2D eigenvalue weighted by atomic mass is 10.3. The van der Waals surface area contributed by atoms with E-state index in [1.165, 1.54) is 12.8 Å². The van der Waals surface area contributed by atoms with Crippen LogP contribution in [-0.2, 0) is 9.59 Å². The number of benzene rings is 1. The van der Waals surface area contributed by atoms with Gasteiger partial charge in [0.15, 0.2) is 0 Å². The molecule has 2 rings (SSSR count). The molecule has 0 aliphatic heterocycles. The first-order valence-corrected chi connectivity index (χ1v) is 7.45. The third kappa shape index (κ3) is 5.71. The summed E-state index contributed by atoms with van der Waals surface area (Å²) in [6, 6.07) is 7.27. The van der Waals surface area contributed by atoms with Crippen LogP contribution in [0.4, 0.5) is 5.69 Å². The molecule has 1 fully saturated rings. The average molecular weight is 340 g/mol. The standard InChI is InChI=1S/C14H18BrN3O2/c15-11-3-5-12(6-4-11)18-14(20)9-17-13(19)8-16-7-10-1-2-10/h3-6,10,16H,1-2,7-9H2,(H,17,19)(H,18,20). The van der Waals surface area contributed by atoms with Gasteiger partial charge in [0.05, 0.1) is 13.1 Å². The van der Waals surface area contributed by atoms with Gasteiger partial charge >= 0.3 is 0 Å². The molecule has 20 heavy (non-hydrogen) atoms. The first-order valence-electron chi connectivity index (χ1n) is 6.66. The Morgan fingerprint density at radius 3 is 2.45 bits per heavy atom. The molecule has 1 aliphatic carbocycles. The molecular weight excluding hydrogens is 322 g/mol. The normalized spacial score (nSPS) is 13.8.